The van der Waals surface area contributed by atoms with Crippen molar-refractivity contribution in [1.82, 2.24) is 10.6 Å². The first-order valence-electron chi connectivity index (χ1n) is 9.91. The Morgan fingerprint density at radius 2 is 1.68 bits per heavy atom. The summed E-state index contributed by atoms with van der Waals surface area (Å²) in [6, 6.07) is 11.8. The molecule has 0 aliphatic rings. The highest BCUT2D eigenvalue weighted by Crippen LogP contribution is 2.28. The van der Waals surface area contributed by atoms with Gasteiger partial charge in [-0.3, -0.25) is 10.1 Å². The number of nitrogens with one attached hydrogen (secondary N) is 2. The Labute approximate surface area is 188 Å². The molecule has 2 aromatic rings. The van der Waals surface area contributed by atoms with Crippen molar-refractivity contribution in [2.75, 3.05) is 20.8 Å². The molecule has 0 bridgehead atoms. The van der Waals surface area contributed by atoms with Crippen LogP contribution in [0.1, 0.15) is 46.5 Å². The Morgan fingerprint density at radius 1 is 1.00 bits per heavy atom. The number of amides is 1. The summed E-state index contributed by atoms with van der Waals surface area (Å²) in [4.78, 5) is 23.8. The highest BCUT2D eigenvalue weighted by atomic mass is 32.1. The number of esters is 1. The fourth-order valence-electron chi connectivity index (χ4n) is 2.62. The van der Waals surface area contributed by atoms with Gasteiger partial charge in [-0.15, -0.1) is 0 Å². The quantitative estimate of drug-likeness (QED) is 0.450. The zero-order valence-electron chi connectivity index (χ0n) is 18.2. The number of ether oxygens (including phenoxy) is 3. The second kappa shape index (κ2) is 11.9. The molecule has 1 amide bonds. The number of rotatable bonds is 9. The van der Waals surface area contributed by atoms with E-state index < -0.39 is 5.97 Å². The fourth-order valence-corrected chi connectivity index (χ4v) is 2.79. The van der Waals surface area contributed by atoms with Crippen LogP contribution in [0.4, 0.5) is 0 Å². The van der Waals surface area contributed by atoms with Crippen LogP contribution in [0.25, 0.3) is 0 Å². The van der Waals surface area contributed by atoms with Crippen LogP contribution in [-0.2, 0) is 11.3 Å². The summed E-state index contributed by atoms with van der Waals surface area (Å²) in [7, 11) is 2.90. The predicted molar refractivity (Wildman–Crippen MR) is 123 cm³/mol. The smallest absolute Gasteiger partial charge is 0.337 e. The van der Waals surface area contributed by atoms with Gasteiger partial charge in [0.05, 0.1) is 26.4 Å². The Kier molecular flexibility index (Phi) is 9.27. The number of benzene rings is 2. The van der Waals surface area contributed by atoms with Gasteiger partial charge in [0.2, 0.25) is 0 Å². The molecule has 7 nitrogen and oxygen atoms in total. The molecule has 0 atom stereocenters. The van der Waals surface area contributed by atoms with Gasteiger partial charge in [-0.25, -0.2) is 4.79 Å². The van der Waals surface area contributed by atoms with Crippen molar-refractivity contribution < 1.29 is 23.8 Å². The third kappa shape index (κ3) is 7.57. The van der Waals surface area contributed by atoms with Crippen LogP contribution < -0.4 is 20.1 Å². The number of carbonyl (C=O) groups is 2. The third-order valence-electron chi connectivity index (χ3n) is 4.43. The van der Waals surface area contributed by atoms with Gasteiger partial charge < -0.3 is 19.5 Å². The summed E-state index contributed by atoms with van der Waals surface area (Å²) < 4.78 is 15.9. The molecular weight excluding hydrogens is 416 g/mol. The first-order chi connectivity index (χ1) is 14.8. The van der Waals surface area contributed by atoms with Crippen LogP contribution in [0, 0.1) is 5.92 Å². The van der Waals surface area contributed by atoms with Gasteiger partial charge in [0.15, 0.2) is 16.6 Å². The first kappa shape index (κ1) is 24.1. The largest absolute Gasteiger partial charge is 0.493 e. The molecule has 0 heterocycles. The van der Waals surface area contributed by atoms with E-state index in [1.807, 2.05) is 18.2 Å². The summed E-state index contributed by atoms with van der Waals surface area (Å²) in [5.41, 5.74) is 1.67. The lowest BCUT2D eigenvalue weighted by atomic mass is 10.1. The first-order valence-corrected chi connectivity index (χ1v) is 10.3. The molecular formula is C23H28N2O5S. The minimum atomic E-state index is -0.462. The van der Waals surface area contributed by atoms with E-state index in [1.165, 1.54) is 31.4 Å². The summed E-state index contributed by atoms with van der Waals surface area (Å²) in [6.45, 7) is 5.33. The lowest BCUT2D eigenvalue weighted by Crippen LogP contribution is -2.38. The van der Waals surface area contributed by atoms with Crippen LogP contribution in [0.15, 0.2) is 42.5 Å². The topological polar surface area (TPSA) is 85.9 Å². The van der Waals surface area contributed by atoms with Crippen LogP contribution in [0.5, 0.6) is 11.5 Å². The van der Waals surface area contributed by atoms with Gasteiger partial charge in [0, 0.05) is 12.1 Å². The van der Waals surface area contributed by atoms with Crippen LogP contribution >= 0.6 is 12.2 Å². The van der Waals surface area contributed by atoms with Gasteiger partial charge in [0.25, 0.3) is 5.91 Å². The SMILES string of the molecule is COC(=O)c1ccc(C(=O)NC(=S)NCc2ccc(OCCC(C)C)c(OC)c2)cc1. The molecule has 0 saturated carbocycles. The molecule has 31 heavy (non-hydrogen) atoms. The predicted octanol–water partition coefficient (Wildman–Crippen LogP) is 3.71. The van der Waals surface area contributed by atoms with Crippen LogP contribution in [-0.4, -0.2) is 37.8 Å². The van der Waals surface area contributed by atoms with Gasteiger partial charge >= 0.3 is 5.97 Å². The minimum Gasteiger partial charge on any atom is -0.493 e. The molecule has 0 radical (unpaired) electrons. The number of carbonyl (C=O) groups excluding carboxylic acids is 2. The third-order valence-corrected chi connectivity index (χ3v) is 4.68. The molecule has 0 aliphatic heterocycles. The average molecular weight is 445 g/mol. The Morgan fingerprint density at radius 3 is 2.29 bits per heavy atom. The van der Waals surface area contributed by atoms with Gasteiger partial charge in [-0.2, -0.15) is 0 Å². The summed E-state index contributed by atoms with van der Waals surface area (Å²) in [5, 5.41) is 5.81. The van der Waals surface area contributed by atoms with Gasteiger partial charge in [-0.05, 0) is 66.5 Å². The van der Waals surface area contributed by atoms with Crippen molar-refractivity contribution in [3.05, 3.63) is 59.2 Å². The summed E-state index contributed by atoms with van der Waals surface area (Å²) in [6.07, 6.45) is 0.964. The van der Waals surface area contributed by atoms with Gasteiger partial charge in [0.1, 0.15) is 0 Å². The molecule has 0 aromatic heterocycles. The second-order valence-corrected chi connectivity index (χ2v) is 7.63. The van der Waals surface area contributed by atoms with Crippen molar-refractivity contribution in [1.29, 1.82) is 0 Å². The molecule has 166 valence electrons. The van der Waals surface area contributed by atoms with Crippen molar-refractivity contribution in [2.45, 2.75) is 26.8 Å². The highest BCUT2D eigenvalue weighted by Gasteiger charge is 2.11. The van der Waals surface area contributed by atoms with Crippen LogP contribution in [0.2, 0.25) is 0 Å². The van der Waals surface area contributed by atoms with Crippen molar-refractivity contribution in [2.24, 2.45) is 5.92 Å². The maximum Gasteiger partial charge on any atom is 0.337 e. The maximum atomic E-state index is 12.3. The van der Waals surface area contributed by atoms with E-state index in [-0.39, 0.29) is 11.0 Å². The zero-order valence-corrected chi connectivity index (χ0v) is 19.0. The van der Waals surface area contributed by atoms with E-state index in [0.29, 0.717) is 41.7 Å². The van der Waals surface area contributed by atoms with E-state index >= 15 is 0 Å². The number of thiocarbonyl (C=S) groups is 1. The highest BCUT2D eigenvalue weighted by molar-refractivity contribution is 7.80. The van der Waals surface area contributed by atoms with Crippen molar-refractivity contribution in [3.8, 4) is 11.5 Å². The molecule has 0 spiro atoms. The average Bonchev–Trinajstić information content (AvgIpc) is 2.77. The lowest BCUT2D eigenvalue weighted by Gasteiger charge is -2.14. The van der Waals surface area contributed by atoms with Crippen molar-refractivity contribution >= 4 is 29.2 Å². The maximum absolute atomic E-state index is 12.3. The summed E-state index contributed by atoms with van der Waals surface area (Å²) in [5.74, 6) is 1.06. The van der Waals surface area contributed by atoms with E-state index in [1.54, 1.807) is 7.11 Å². The van der Waals surface area contributed by atoms with E-state index in [2.05, 4.69) is 29.2 Å². The number of hydrogen-bond acceptors (Lipinski definition) is 6. The number of methoxy groups -OCH3 is 2. The molecule has 2 aromatic carbocycles. The summed E-state index contributed by atoms with van der Waals surface area (Å²) >= 11 is 5.21. The normalized spacial score (nSPS) is 10.4. The van der Waals surface area contributed by atoms with E-state index in [0.717, 1.165) is 12.0 Å². The lowest BCUT2D eigenvalue weighted by molar-refractivity contribution is 0.0600. The van der Waals surface area contributed by atoms with E-state index in [9.17, 15) is 9.59 Å². The fraction of sp³-hybridized carbons (Fsp3) is 0.348. The zero-order chi connectivity index (χ0) is 22.8. The minimum absolute atomic E-state index is 0.193. The molecule has 0 saturated heterocycles. The Hall–Kier alpha value is -3.13. The molecule has 2 N–H and O–H groups in total. The van der Waals surface area contributed by atoms with Gasteiger partial charge in [-0.1, -0.05) is 19.9 Å². The molecule has 2 rings (SSSR count). The Balaban J connectivity index is 1.88. The van der Waals surface area contributed by atoms with E-state index in [4.69, 9.17) is 21.7 Å². The van der Waals surface area contributed by atoms with Crippen molar-refractivity contribution in [3.63, 3.8) is 0 Å². The monoisotopic (exact) mass is 444 g/mol. The second-order valence-electron chi connectivity index (χ2n) is 7.22. The molecule has 0 aliphatic carbocycles. The Bertz CT molecular complexity index is 913. The molecule has 8 heteroatoms. The van der Waals surface area contributed by atoms with Crippen LogP contribution in [0.3, 0.4) is 0 Å². The number of hydrogen-bond donors (Lipinski definition) is 2. The molecule has 0 fully saturated rings. The molecule has 0 unspecified atom stereocenters. The standard InChI is InChI=1S/C23H28N2O5S/c1-15(2)11-12-30-19-10-5-16(13-20(19)28-3)14-24-23(31)25-21(26)17-6-8-18(9-7-17)22(27)29-4/h5-10,13,15H,11-12,14H2,1-4H3,(H2,24,25,26,31).